The van der Waals surface area contributed by atoms with Crippen LogP contribution >= 0.6 is 0 Å². The van der Waals surface area contributed by atoms with Gasteiger partial charge in [0.2, 0.25) is 5.96 Å². The average Bonchev–Trinajstić information content (AvgIpc) is 2.38. The molecule has 1 saturated carbocycles. The Morgan fingerprint density at radius 1 is 1.41 bits per heavy atom. The molecule has 0 heterocycles. The van der Waals surface area contributed by atoms with Crippen LogP contribution < -0.4 is 16.6 Å². The highest BCUT2D eigenvalue weighted by atomic mass is 16.5. The van der Waals surface area contributed by atoms with Crippen molar-refractivity contribution < 1.29 is 4.74 Å². The Hall–Kier alpha value is -0.810. The third kappa shape index (κ3) is 5.37. The van der Waals surface area contributed by atoms with Gasteiger partial charge in [-0.3, -0.25) is 5.43 Å². The Bertz CT molecular complexity index is 227. The highest BCUT2D eigenvalue weighted by Crippen LogP contribution is 2.26. The van der Waals surface area contributed by atoms with Gasteiger partial charge < -0.3 is 10.1 Å². The predicted octanol–water partition coefficient (Wildman–Crippen LogP) is 1.01. The highest BCUT2D eigenvalue weighted by Gasteiger charge is 2.20. The van der Waals surface area contributed by atoms with Gasteiger partial charge in [0.05, 0.1) is 13.2 Å². The Kier molecular flexibility index (Phi) is 6.96. The molecule has 0 spiro atoms. The SMILES string of the molecule is COCCN=C(NN)NC(C)C1CCCCC1. The number of guanidine groups is 1. The van der Waals surface area contributed by atoms with Gasteiger partial charge in [-0.2, -0.15) is 0 Å². The van der Waals surface area contributed by atoms with Gasteiger partial charge in [0.25, 0.3) is 0 Å². The standard InChI is InChI=1S/C12H26N4O/c1-10(11-6-4-3-5-7-11)15-12(16-13)14-8-9-17-2/h10-11H,3-9,13H2,1-2H3,(H2,14,15,16). The first kappa shape index (κ1) is 14.3. The molecule has 4 N–H and O–H groups in total. The first-order chi connectivity index (χ1) is 8.27. The summed E-state index contributed by atoms with van der Waals surface area (Å²) in [6, 6.07) is 0.424. The minimum absolute atomic E-state index is 0.424. The molecule has 1 atom stereocenters. The van der Waals surface area contributed by atoms with E-state index in [9.17, 15) is 0 Å². The molecule has 1 rings (SSSR count). The zero-order valence-electron chi connectivity index (χ0n) is 11.0. The summed E-state index contributed by atoms with van der Waals surface area (Å²) in [5.41, 5.74) is 2.61. The normalized spacial score (nSPS) is 20.1. The van der Waals surface area contributed by atoms with Gasteiger partial charge in [-0.25, -0.2) is 10.8 Å². The molecule has 0 aromatic rings. The van der Waals surface area contributed by atoms with Gasteiger partial charge in [-0.15, -0.1) is 0 Å². The number of methoxy groups -OCH3 is 1. The third-order valence-corrected chi connectivity index (χ3v) is 3.42. The molecule has 1 unspecified atom stereocenters. The summed E-state index contributed by atoms with van der Waals surface area (Å²) in [6.07, 6.45) is 6.70. The van der Waals surface area contributed by atoms with Crippen molar-refractivity contribution in [3.8, 4) is 0 Å². The number of hydrazine groups is 1. The van der Waals surface area contributed by atoms with E-state index in [-0.39, 0.29) is 0 Å². The molecule has 0 aromatic carbocycles. The van der Waals surface area contributed by atoms with Crippen LogP contribution in [0.1, 0.15) is 39.0 Å². The molecule has 1 fully saturated rings. The fourth-order valence-corrected chi connectivity index (χ4v) is 2.35. The molecular formula is C12H26N4O. The third-order valence-electron chi connectivity index (χ3n) is 3.42. The summed E-state index contributed by atoms with van der Waals surface area (Å²) < 4.78 is 4.95. The van der Waals surface area contributed by atoms with E-state index in [0.717, 1.165) is 5.92 Å². The Morgan fingerprint density at radius 3 is 2.71 bits per heavy atom. The maximum atomic E-state index is 5.45. The summed E-state index contributed by atoms with van der Waals surface area (Å²) >= 11 is 0. The maximum Gasteiger partial charge on any atom is 0.206 e. The lowest BCUT2D eigenvalue weighted by Crippen LogP contribution is -2.48. The van der Waals surface area contributed by atoms with E-state index >= 15 is 0 Å². The zero-order valence-corrected chi connectivity index (χ0v) is 11.0. The minimum atomic E-state index is 0.424. The number of rotatable bonds is 5. The highest BCUT2D eigenvalue weighted by molar-refractivity contribution is 5.79. The maximum absolute atomic E-state index is 5.45. The minimum Gasteiger partial charge on any atom is -0.383 e. The molecule has 1 aliphatic carbocycles. The van der Waals surface area contributed by atoms with E-state index < -0.39 is 0 Å². The van der Waals surface area contributed by atoms with E-state index in [1.54, 1.807) is 7.11 Å². The monoisotopic (exact) mass is 242 g/mol. The lowest BCUT2D eigenvalue weighted by Gasteiger charge is -2.29. The first-order valence-corrected chi connectivity index (χ1v) is 6.54. The molecule has 0 bridgehead atoms. The van der Waals surface area contributed by atoms with Crippen LogP contribution in [0.5, 0.6) is 0 Å². The fraction of sp³-hybridized carbons (Fsp3) is 0.917. The second-order valence-electron chi connectivity index (χ2n) is 4.70. The number of nitrogens with two attached hydrogens (primary N) is 1. The number of aliphatic imine (C=N–C) groups is 1. The van der Waals surface area contributed by atoms with Gasteiger partial charge in [0, 0.05) is 13.2 Å². The van der Waals surface area contributed by atoms with E-state index in [0.29, 0.717) is 25.2 Å². The summed E-state index contributed by atoms with van der Waals surface area (Å²) in [7, 11) is 1.67. The van der Waals surface area contributed by atoms with Crippen molar-refractivity contribution >= 4 is 5.96 Å². The second-order valence-corrected chi connectivity index (χ2v) is 4.70. The number of ether oxygens (including phenoxy) is 1. The largest absolute Gasteiger partial charge is 0.383 e. The summed E-state index contributed by atoms with van der Waals surface area (Å²) in [5.74, 6) is 6.86. The number of nitrogens with one attached hydrogen (secondary N) is 2. The van der Waals surface area contributed by atoms with Crippen LogP contribution in [0, 0.1) is 5.92 Å². The number of nitrogens with zero attached hydrogens (tertiary/aromatic N) is 1. The molecule has 5 nitrogen and oxygen atoms in total. The Labute approximate surface area is 104 Å². The van der Waals surface area contributed by atoms with Crippen LogP contribution in [0.15, 0.2) is 4.99 Å². The van der Waals surface area contributed by atoms with Crippen LogP contribution in [-0.4, -0.2) is 32.3 Å². The lowest BCUT2D eigenvalue weighted by molar-refractivity contribution is 0.207. The van der Waals surface area contributed by atoms with E-state index in [4.69, 9.17) is 10.6 Å². The van der Waals surface area contributed by atoms with E-state index in [2.05, 4.69) is 22.7 Å². The topological polar surface area (TPSA) is 71.7 Å². The van der Waals surface area contributed by atoms with Crippen LogP contribution in [0.4, 0.5) is 0 Å². The van der Waals surface area contributed by atoms with Gasteiger partial charge in [-0.05, 0) is 25.7 Å². The van der Waals surface area contributed by atoms with Crippen molar-refractivity contribution in [2.75, 3.05) is 20.3 Å². The van der Waals surface area contributed by atoms with Gasteiger partial charge >= 0.3 is 0 Å². The summed E-state index contributed by atoms with van der Waals surface area (Å²) in [4.78, 5) is 4.31. The van der Waals surface area contributed by atoms with Crippen molar-refractivity contribution in [2.24, 2.45) is 16.8 Å². The molecule has 0 amide bonds. The lowest BCUT2D eigenvalue weighted by atomic mass is 9.85. The van der Waals surface area contributed by atoms with Crippen molar-refractivity contribution in [3.63, 3.8) is 0 Å². The van der Waals surface area contributed by atoms with Crippen molar-refractivity contribution in [2.45, 2.75) is 45.1 Å². The molecule has 1 aliphatic rings. The van der Waals surface area contributed by atoms with Gasteiger partial charge in [0.15, 0.2) is 0 Å². The summed E-state index contributed by atoms with van der Waals surface area (Å²) in [6.45, 7) is 3.45. The predicted molar refractivity (Wildman–Crippen MR) is 70.7 cm³/mol. The van der Waals surface area contributed by atoms with Crippen LogP contribution in [0.3, 0.4) is 0 Å². The van der Waals surface area contributed by atoms with E-state index in [1.165, 1.54) is 32.1 Å². The molecule has 0 aromatic heterocycles. The van der Waals surface area contributed by atoms with Crippen molar-refractivity contribution in [1.82, 2.24) is 10.7 Å². The molecule has 0 saturated heterocycles. The molecular weight excluding hydrogens is 216 g/mol. The Morgan fingerprint density at radius 2 is 2.12 bits per heavy atom. The summed E-state index contributed by atoms with van der Waals surface area (Å²) in [5, 5.41) is 3.35. The van der Waals surface area contributed by atoms with Crippen LogP contribution in [-0.2, 0) is 4.74 Å². The molecule has 100 valence electrons. The Balaban J connectivity index is 2.35. The number of hydrogen-bond acceptors (Lipinski definition) is 3. The van der Waals surface area contributed by atoms with Gasteiger partial charge in [-0.1, -0.05) is 19.3 Å². The zero-order chi connectivity index (χ0) is 12.5. The molecule has 0 aliphatic heterocycles. The van der Waals surface area contributed by atoms with Crippen molar-refractivity contribution in [1.29, 1.82) is 0 Å². The van der Waals surface area contributed by atoms with Crippen molar-refractivity contribution in [3.05, 3.63) is 0 Å². The molecule has 0 radical (unpaired) electrons. The van der Waals surface area contributed by atoms with Gasteiger partial charge in [0.1, 0.15) is 0 Å². The van der Waals surface area contributed by atoms with Crippen LogP contribution in [0.2, 0.25) is 0 Å². The number of hydrogen-bond donors (Lipinski definition) is 3. The quantitative estimate of drug-likeness (QED) is 0.221. The van der Waals surface area contributed by atoms with Crippen LogP contribution in [0.25, 0.3) is 0 Å². The second kappa shape index (κ2) is 8.31. The fourth-order valence-electron chi connectivity index (χ4n) is 2.35. The molecule has 17 heavy (non-hydrogen) atoms. The first-order valence-electron chi connectivity index (χ1n) is 6.54. The van der Waals surface area contributed by atoms with E-state index in [1.807, 2.05) is 0 Å². The molecule has 5 heteroatoms. The average molecular weight is 242 g/mol. The smallest absolute Gasteiger partial charge is 0.206 e.